The summed E-state index contributed by atoms with van der Waals surface area (Å²) in [6, 6.07) is 0. The SMILES string of the molecule is C.C=C(C)CC(=O)O.C=C(C)CC(C)=O.CC(=O)CC(=O)O.CS/C=C(\C)CC(C)=O.CSSSC. The van der Waals surface area contributed by atoms with Crippen LogP contribution in [0.2, 0.25) is 0 Å². The molecule has 0 aromatic carbocycles. The fourth-order valence-electron chi connectivity index (χ4n) is 1.60. The zero-order chi connectivity index (χ0) is 29.0. The molecule has 0 atom stereocenters. The van der Waals surface area contributed by atoms with Gasteiger partial charge in [0.05, 0.1) is 6.42 Å². The van der Waals surface area contributed by atoms with Crippen molar-refractivity contribution in [2.45, 2.75) is 74.7 Å². The van der Waals surface area contributed by atoms with Gasteiger partial charge in [0.1, 0.15) is 23.8 Å². The van der Waals surface area contributed by atoms with Crippen LogP contribution in [0.3, 0.4) is 0 Å². The van der Waals surface area contributed by atoms with E-state index in [4.69, 9.17) is 10.2 Å². The summed E-state index contributed by atoms with van der Waals surface area (Å²) in [6.45, 7) is 16.9. The summed E-state index contributed by atoms with van der Waals surface area (Å²) in [6.07, 6.45) is 6.98. The van der Waals surface area contributed by atoms with Gasteiger partial charge in [-0.05, 0) is 75.5 Å². The lowest BCUT2D eigenvalue weighted by molar-refractivity contribution is -0.140. The highest BCUT2D eigenvalue weighted by atomic mass is 33.5. The van der Waals surface area contributed by atoms with E-state index in [1.54, 1.807) is 63.9 Å². The standard InChI is InChI=1S/C7H12OS.C6H10O.C5H8O2.C4H6O3.C2H6S3.CH4/c1-6(5-9-3)4-7(2)8;1-5(2)4-6(3)7;1-4(2)3-5(6)7;1-3(5)2-4(6)7;1-3-5-4-2;/h5H,4H2,1-3H3;1,4H2,2-3H3;1,3H2,2H3,(H,6,7);2H2,1H3,(H,6,7);1-2H3;1H4/b6-5+;;;;;. The Morgan fingerprint density at radius 1 is 0.639 bits per heavy atom. The maximum atomic E-state index is 10.5. The molecule has 0 aliphatic heterocycles. The summed E-state index contributed by atoms with van der Waals surface area (Å²) >= 11 is 1.64. The molecule has 0 amide bonds. The number of thioether (sulfide) groups is 1. The summed E-state index contributed by atoms with van der Waals surface area (Å²) in [5.74, 6) is -1.77. The maximum absolute atomic E-state index is 10.5. The highest BCUT2D eigenvalue weighted by molar-refractivity contribution is 9.09. The van der Waals surface area contributed by atoms with Crippen LogP contribution in [0.4, 0.5) is 0 Å². The van der Waals surface area contributed by atoms with Gasteiger partial charge in [-0.25, -0.2) is 0 Å². The molecule has 0 aromatic heterocycles. The van der Waals surface area contributed by atoms with Crippen LogP contribution in [0.15, 0.2) is 35.3 Å². The summed E-state index contributed by atoms with van der Waals surface area (Å²) in [7, 11) is 5.36. The molecule has 0 spiro atoms. The first-order valence-electron chi connectivity index (χ1n) is 10.1. The Morgan fingerprint density at radius 2 is 0.972 bits per heavy atom. The van der Waals surface area contributed by atoms with E-state index in [1.165, 1.54) is 6.92 Å². The van der Waals surface area contributed by atoms with E-state index in [2.05, 4.69) is 25.7 Å². The van der Waals surface area contributed by atoms with E-state index in [-0.39, 0.29) is 37.6 Å². The van der Waals surface area contributed by atoms with Gasteiger partial charge in [-0.2, -0.15) is 0 Å². The minimum atomic E-state index is -1.06. The zero-order valence-corrected chi connectivity index (χ0v) is 25.7. The highest BCUT2D eigenvalue weighted by Crippen LogP contribution is 2.28. The minimum absolute atomic E-state index is 0. The van der Waals surface area contributed by atoms with E-state index in [0.717, 1.165) is 11.1 Å². The first-order valence-corrected chi connectivity index (χ1v) is 15.7. The molecule has 7 nitrogen and oxygen atoms in total. The highest BCUT2D eigenvalue weighted by Gasteiger charge is 1.98. The van der Waals surface area contributed by atoms with Crippen molar-refractivity contribution in [2.24, 2.45) is 0 Å². The average Bonchev–Trinajstić information content (AvgIpc) is 2.60. The van der Waals surface area contributed by atoms with Crippen molar-refractivity contribution >= 4 is 72.5 Å². The molecule has 0 fully saturated rings. The second-order valence-corrected chi connectivity index (χ2v) is 12.3. The van der Waals surface area contributed by atoms with E-state index in [1.807, 2.05) is 25.5 Å². The molecular weight excluding hydrogens is 541 g/mol. The number of ketones is 3. The predicted molar refractivity (Wildman–Crippen MR) is 164 cm³/mol. The summed E-state index contributed by atoms with van der Waals surface area (Å²) in [5, 5.41) is 17.9. The van der Waals surface area contributed by atoms with Gasteiger partial charge in [-0.15, -0.1) is 11.8 Å². The zero-order valence-electron chi connectivity index (χ0n) is 22.4. The van der Waals surface area contributed by atoms with Gasteiger partial charge < -0.3 is 10.2 Å². The molecule has 0 radical (unpaired) electrons. The first kappa shape index (κ1) is 47.7. The second kappa shape index (κ2) is 35.7. The third kappa shape index (κ3) is 84.8. The summed E-state index contributed by atoms with van der Waals surface area (Å²) < 4.78 is 0. The van der Waals surface area contributed by atoms with Crippen molar-refractivity contribution in [2.75, 3.05) is 18.8 Å². The molecule has 2 N–H and O–H groups in total. The lowest BCUT2D eigenvalue weighted by Gasteiger charge is -1.92. The number of aliphatic carboxylic acids is 2. The molecule has 0 aliphatic carbocycles. The molecule has 0 rings (SSSR count). The largest absolute Gasteiger partial charge is 0.481 e. The van der Waals surface area contributed by atoms with Crippen LogP contribution in [0.25, 0.3) is 0 Å². The van der Waals surface area contributed by atoms with Crippen LogP contribution in [-0.4, -0.2) is 58.3 Å². The molecule has 36 heavy (non-hydrogen) atoms. The van der Waals surface area contributed by atoms with Crippen LogP contribution in [0.1, 0.15) is 74.7 Å². The average molecular weight is 587 g/mol. The number of hydrogen-bond donors (Lipinski definition) is 2. The van der Waals surface area contributed by atoms with Crippen LogP contribution in [0, 0.1) is 0 Å². The van der Waals surface area contributed by atoms with Crippen LogP contribution < -0.4 is 0 Å². The Labute approximate surface area is 234 Å². The summed E-state index contributed by atoms with van der Waals surface area (Å²) in [5.41, 5.74) is 2.77. The van der Waals surface area contributed by atoms with Crippen molar-refractivity contribution < 1.29 is 34.2 Å². The molecule has 0 saturated carbocycles. The Bertz CT molecular complexity index is 588. The van der Waals surface area contributed by atoms with Gasteiger partial charge >= 0.3 is 11.9 Å². The molecular formula is C25H46O7S4. The van der Waals surface area contributed by atoms with Crippen molar-refractivity contribution in [1.82, 2.24) is 0 Å². The fraction of sp³-hybridized carbons (Fsp3) is 0.560. The number of carbonyl (C=O) groups excluding carboxylic acids is 3. The number of rotatable bonds is 11. The molecule has 0 aromatic rings. The number of Topliss-reactive ketones (excluding diaryl/α,β-unsaturated/α-hetero) is 3. The number of carboxylic acid groups (broad SMARTS) is 2. The Hall–Kier alpha value is -1.43. The van der Waals surface area contributed by atoms with Crippen molar-refractivity contribution in [3.8, 4) is 0 Å². The Kier molecular flexibility index (Phi) is 47.4. The lowest BCUT2D eigenvalue weighted by Crippen LogP contribution is -2.00. The predicted octanol–water partition coefficient (Wildman–Crippen LogP) is 7.77. The third-order valence-corrected chi connectivity index (χ3v) is 6.56. The molecule has 212 valence electrons. The quantitative estimate of drug-likeness (QED) is 0.140. The van der Waals surface area contributed by atoms with Crippen LogP contribution in [0.5, 0.6) is 0 Å². The topological polar surface area (TPSA) is 126 Å². The molecule has 0 bridgehead atoms. The van der Waals surface area contributed by atoms with Crippen LogP contribution in [-0.2, 0) is 24.0 Å². The molecule has 0 heterocycles. The van der Waals surface area contributed by atoms with E-state index in [9.17, 15) is 24.0 Å². The molecule has 11 heteroatoms. The van der Waals surface area contributed by atoms with Gasteiger partial charge in [0.25, 0.3) is 0 Å². The summed E-state index contributed by atoms with van der Waals surface area (Å²) in [4.78, 5) is 49.9. The fourth-order valence-corrected chi connectivity index (χ4v) is 3.85. The van der Waals surface area contributed by atoms with Crippen molar-refractivity contribution in [3.05, 3.63) is 35.3 Å². The maximum Gasteiger partial charge on any atom is 0.310 e. The van der Waals surface area contributed by atoms with Crippen molar-refractivity contribution in [3.63, 3.8) is 0 Å². The van der Waals surface area contributed by atoms with Gasteiger partial charge in [0.2, 0.25) is 0 Å². The van der Waals surface area contributed by atoms with Gasteiger partial charge in [-0.1, -0.05) is 58.9 Å². The smallest absolute Gasteiger partial charge is 0.310 e. The third-order valence-electron chi connectivity index (χ3n) is 2.39. The number of allylic oxidation sites excluding steroid dienone is 2. The Morgan fingerprint density at radius 3 is 1.06 bits per heavy atom. The number of carbonyl (C=O) groups is 5. The number of hydrogen-bond acceptors (Lipinski definition) is 9. The van der Waals surface area contributed by atoms with E-state index >= 15 is 0 Å². The molecule has 0 unspecified atom stereocenters. The van der Waals surface area contributed by atoms with Gasteiger partial charge in [-0.3, -0.25) is 24.0 Å². The van der Waals surface area contributed by atoms with Gasteiger partial charge in [0.15, 0.2) is 0 Å². The van der Waals surface area contributed by atoms with E-state index < -0.39 is 11.9 Å². The minimum Gasteiger partial charge on any atom is -0.481 e. The van der Waals surface area contributed by atoms with E-state index in [0.29, 0.717) is 18.4 Å². The monoisotopic (exact) mass is 586 g/mol. The van der Waals surface area contributed by atoms with Gasteiger partial charge in [0, 0.05) is 12.8 Å². The normalized spacial score (nSPS) is 8.86. The number of carboxylic acids is 2. The Balaban J connectivity index is -0.0000000785. The first-order chi connectivity index (χ1) is 16.0. The molecule has 0 saturated heterocycles. The van der Waals surface area contributed by atoms with Crippen LogP contribution >= 0.6 is 43.2 Å². The van der Waals surface area contributed by atoms with Crippen molar-refractivity contribution in [1.29, 1.82) is 0 Å². The lowest BCUT2D eigenvalue weighted by atomic mass is 10.2. The second-order valence-electron chi connectivity index (χ2n) is 7.12. The molecule has 0 aliphatic rings.